The molecule has 0 bridgehead atoms. The minimum absolute atomic E-state index is 0.00592. The molecule has 0 saturated carbocycles. The molecular formula is C16H27NO2. The van der Waals surface area contributed by atoms with Crippen LogP contribution in [-0.4, -0.2) is 26.8 Å². The van der Waals surface area contributed by atoms with E-state index in [1.807, 2.05) is 6.07 Å². The van der Waals surface area contributed by atoms with Gasteiger partial charge in [0, 0.05) is 29.6 Å². The van der Waals surface area contributed by atoms with E-state index in [1.54, 1.807) is 14.2 Å². The van der Waals surface area contributed by atoms with E-state index in [4.69, 9.17) is 9.47 Å². The number of rotatable bonds is 6. The number of ether oxygens (including phenoxy) is 2. The lowest BCUT2D eigenvalue weighted by Crippen LogP contribution is -2.37. The summed E-state index contributed by atoms with van der Waals surface area (Å²) in [5.74, 6) is 1.73. The Morgan fingerprint density at radius 3 is 2.26 bits per heavy atom. The van der Waals surface area contributed by atoms with Gasteiger partial charge in [0.25, 0.3) is 0 Å². The van der Waals surface area contributed by atoms with Crippen molar-refractivity contribution in [3.05, 3.63) is 23.3 Å². The summed E-state index contributed by atoms with van der Waals surface area (Å²) < 4.78 is 10.9. The van der Waals surface area contributed by atoms with Crippen LogP contribution in [0.4, 0.5) is 0 Å². The Bertz CT molecular complexity index is 425. The van der Waals surface area contributed by atoms with Crippen LogP contribution < -0.4 is 14.8 Å². The predicted octanol–water partition coefficient (Wildman–Crippen LogP) is 3.29. The summed E-state index contributed by atoms with van der Waals surface area (Å²) in [5, 5.41) is 3.50. The summed E-state index contributed by atoms with van der Waals surface area (Å²) in [6.45, 7) is 11.8. The topological polar surface area (TPSA) is 30.5 Å². The van der Waals surface area contributed by atoms with E-state index >= 15 is 0 Å². The number of benzene rings is 1. The SMILES string of the molecule is COc1cc(C)c(C(C)(C)CNC(C)C)c(OC)c1. The molecule has 0 aliphatic heterocycles. The molecule has 0 radical (unpaired) electrons. The van der Waals surface area contributed by atoms with E-state index in [2.05, 4.69) is 46.0 Å². The second kappa shape index (κ2) is 6.29. The van der Waals surface area contributed by atoms with Gasteiger partial charge in [-0.05, 0) is 18.6 Å². The lowest BCUT2D eigenvalue weighted by Gasteiger charge is -2.30. The van der Waals surface area contributed by atoms with Gasteiger partial charge in [0.15, 0.2) is 0 Å². The quantitative estimate of drug-likeness (QED) is 0.856. The van der Waals surface area contributed by atoms with Crippen molar-refractivity contribution in [1.29, 1.82) is 0 Å². The highest BCUT2D eigenvalue weighted by molar-refractivity contribution is 5.50. The average molecular weight is 265 g/mol. The third-order valence-electron chi connectivity index (χ3n) is 3.36. The van der Waals surface area contributed by atoms with Gasteiger partial charge in [-0.3, -0.25) is 0 Å². The summed E-state index contributed by atoms with van der Waals surface area (Å²) in [7, 11) is 3.39. The van der Waals surface area contributed by atoms with E-state index in [9.17, 15) is 0 Å². The maximum absolute atomic E-state index is 5.55. The molecule has 0 saturated heterocycles. The van der Waals surface area contributed by atoms with Crippen LogP contribution in [0.1, 0.15) is 38.8 Å². The molecule has 0 aromatic heterocycles. The fourth-order valence-corrected chi connectivity index (χ4v) is 2.42. The predicted molar refractivity (Wildman–Crippen MR) is 80.4 cm³/mol. The molecule has 0 unspecified atom stereocenters. The van der Waals surface area contributed by atoms with Crippen LogP contribution in [0.3, 0.4) is 0 Å². The number of hydrogen-bond donors (Lipinski definition) is 1. The van der Waals surface area contributed by atoms with Gasteiger partial charge >= 0.3 is 0 Å². The molecule has 0 spiro atoms. The van der Waals surface area contributed by atoms with Gasteiger partial charge < -0.3 is 14.8 Å². The summed E-state index contributed by atoms with van der Waals surface area (Å²) >= 11 is 0. The summed E-state index contributed by atoms with van der Waals surface area (Å²) in [6.07, 6.45) is 0. The molecule has 0 amide bonds. The second-order valence-corrected chi connectivity index (χ2v) is 5.94. The summed E-state index contributed by atoms with van der Waals surface area (Å²) in [5.41, 5.74) is 2.45. The molecule has 0 fully saturated rings. The second-order valence-electron chi connectivity index (χ2n) is 5.94. The summed E-state index contributed by atoms with van der Waals surface area (Å²) in [6, 6.07) is 4.50. The Balaban J connectivity index is 3.17. The monoisotopic (exact) mass is 265 g/mol. The molecule has 0 heterocycles. The normalized spacial score (nSPS) is 11.8. The Morgan fingerprint density at radius 2 is 1.79 bits per heavy atom. The van der Waals surface area contributed by atoms with Crippen LogP contribution in [0.2, 0.25) is 0 Å². The van der Waals surface area contributed by atoms with E-state index in [0.29, 0.717) is 6.04 Å². The molecule has 1 rings (SSSR count). The number of hydrogen-bond acceptors (Lipinski definition) is 3. The highest BCUT2D eigenvalue weighted by atomic mass is 16.5. The standard InChI is InChI=1S/C16H27NO2/c1-11(2)17-10-16(4,5)15-12(3)8-13(18-6)9-14(15)19-7/h8-9,11,17H,10H2,1-7H3. The lowest BCUT2D eigenvalue weighted by molar-refractivity contribution is 0.369. The highest BCUT2D eigenvalue weighted by Gasteiger charge is 2.27. The average Bonchev–Trinajstić information content (AvgIpc) is 2.35. The minimum Gasteiger partial charge on any atom is -0.497 e. The van der Waals surface area contributed by atoms with Crippen molar-refractivity contribution in [2.75, 3.05) is 20.8 Å². The van der Waals surface area contributed by atoms with Gasteiger partial charge in [-0.1, -0.05) is 27.7 Å². The maximum Gasteiger partial charge on any atom is 0.126 e. The first-order chi connectivity index (χ1) is 8.81. The van der Waals surface area contributed by atoms with Gasteiger partial charge in [-0.15, -0.1) is 0 Å². The fourth-order valence-electron chi connectivity index (χ4n) is 2.42. The minimum atomic E-state index is 0.00592. The van der Waals surface area contributed by atoms with Crippen LogP contribution in [-0.2, 0) is 5.41 Å². The Labute approximate surface area is 117 Å². The zero-order chi connectivity index (χ0) is 14.6. The number of nitrogens with one attached hydrogen (secondary N) is 1. The highest BCUT2D eigenvalue weighted by Crippen LogP contribution is 2.37. The largest absolute Gasteiger partial charge is 0.497 e. The molecule has 3 nitrogen and oxygen atoms in total. The van der Waals surface area contributed by atoms with Crippen molar-refractivity contribution in [1.82, 2.24) is 5.32 Å². The van der Waals surface area contributed by atoms with E-state index in [0.717, 1.165) is 18.0 Å². The Morgan fingerprint density at radius 1 is 1.16 bits per heavy atom. The summed E-state index contributed by atoms with van der Waals surface area (Å²) in [4.78, 5) is 0. The van der Waals surface area contributed by atoms with Crippen molar-refractivity contribution in [3.63, 3.8) is 0 Å². The lowest BCUT2D eigenvalue weighted by atomic mass is 9.81. The molecule has 1 aromatic rings. The van der Waals surface area contributed by atoms with Crippen LogP contribution >= 0.6 is 0 Å². The van der Waals surface area contributed by atoms with Crippen molar-refractivity contribution >= 4 is 0 Å². The first-order valence-electron chi connectivity index (χ1n) is 6.78. The van der Waals surface area contributed by atoms with Crippen LogP contribution in [0.25, 0.3) is 0 Å². The smallest absolute Gasteiger partial charge is 0.126 e. The first kappa shape index (κ1) is 15.8. The van der Waals surface area contributed by atoms with Crippen molar-refractivity contribution < 1.29 is 9.47 Å². The van der Waals surface area contributed by atoms with E-state index in [-0.39, 0.29) is 5.41 Å². The first-order valence-corrected chi connectivity index (χ1v) is 6.78. The van der Waals surface area contributed by atoms with Gasteiger partial charge in [0.05, 0.1) is 14.2 Å². The number of methoxy groups -OCH3 is 2. The number of aryl methyl sites for hydroxylation is 1. The van der Waals surface area contributed by atoms with Crippen molar-refractivity contribution in [3.8, 4) is 11.5 Å². The molecular weight excluding hydrogens is 238 g/mol. The maximum atomic E-state index is 5.55. The molecule has 19 heavy (non-hydrogen) atoms. The van der Waals surface area contributed by atoms with Crippen LogP contribution in [0.15, 0.2) is 12.1 Å². The van der Waals surface area contributed by atoms with E-state index in [1.165, 1.54) is 11.1 Å². The third kappa shape index (κ3) is 3.87. The molecule has 1 N–H and O–H groups in total. The molecule has 0 aliphatic carbocycles. The van der Waals surface area contributed by atoms with Gasteiger partial charge in [-0.2, -0.15) is 0 Å². The third-order valence-corrected chi connectivity index (χ3v) is 3.36. The van der Waals surface area contributed by atoms with Gasteiger partial charge in [0.2, 0.25) is 0 Å². The van der Waals surface area contributed by atoms with Gasteiger partial charge in [-0.25, -0.2) is 0 Å². The van der Waals surface area contributed by atoms with E-state index < -0.39 is 0 Å². The molecule has 1 aromatic carbocycles. The molecule has 108 valence electrons. The molecule has 0 aliphatic rings. The zero-order valence-corrected chi connectivity index (χ0v) is 13.3. The zero-order valence-electron chi connectivity index (χ0n) is 13.3. The fraction of sp³-hybridized carbons (Fsp3) is 0.625. The Hall–Kier alpha value is -1.22. The van der Waals surface area contributed by atoms with Crippen molar-refractivity contribution in [2.45, 2.75) is 46.1 Å². The Kier molecular flexibility index (Phi) is 5.24. The van der Waals surface area contributed by atoms with Crippen LogP contribution in [0, 0.1) is 6.92 Å². The van der Waals surface area contributed by atoms with Gasteiger partial charge in [0.1, 0.15) is 11.5 Å². The van der Waals surface area contributed by atoms with Crippen molar-refractivity contribution in [2.24, 2.45) is 0 Å². The van der Waals surface area contributed by atoms with Crippen LogP contribution in [0.5, 0.6) is 11.5 Å². The molecule has 3 heteroatoms. The molecule has 0 atom stereocenters.